The number of fused-ring (bicyclic) bond motifs is 2. The van der Waals surface area contributed by atoms with E-state index in [1.165, 1.54) is 21.2 Å². The lowest BCUT2D eigenvalue weighted by Crippen LogP contribution is -2.43. The average molecular weight is 537 g/mol. The Kier molecular flexibility index (Phi) is 6.21. The summed E-state index contributed by atoms with van der Waals surface area (Å²) in [6.45, 7) is 3.73. The van der Waals surface area contributed by atoms with Crippen LogP contribution in [0.25, 0.3) is 0 Å². The van der Waals surface area contributed by atoms with Crippen LogP contribution in [0.15, 0.2) is 58.6 Å². The minimum absolute atomic E-state index is 0.112. The van der Waals surface area contributed by atoms with Crippen molar-refractivity contribution in [1.29, 1.82) is 0 Å². The molecular formula is C26H24N4O5S2. The predicted octanol–water partition coefficient (Wildman–Crippen LogP) is 2.27. The molecule has 9 nitrogen and oxygen atoms in total. The van der Waals surface area contributed by atoms with Crippen molar-refractivity contribution < 1.29 is 19.1 Å². The van der Waals surface area contributed by atoms with Crippen molar-refractivity contribution in [2.24, 2.45) is 5.92 Å². The van der Waals surface area contributed by atoms with Crippen LogP contribution in [-0.2, 0) is 25.7 Å². The van der Waals surface area contributed by atoms with Crippen LogP contribution < -0.4 is 9.77 Å². The van der Waals surface area contributed by atoms with E-state index in [1.54, 1.807) is 35.5 Å². The topological polar surface area (TPSA) is 102 Å². The normalized spacial score (nSPS) is 23.2. The number of carbonyl (C=O) groups is 3. The summed E-state index contributed by atoms with van der Waals surface area (Å²) < 4.78 is 6.81. The molecule has 6 rings (SSSR count). The first-order valence-electron chi connectivity index (χ1n) is 12.0. The molecule has 0 spiro atoms. The first-order valence-corrected chi connectivity index (χ1v) is 13.7. The zero-order chi connectivity index (χ0) is 25.7. The lowest BCUT2D eigenvalue weighted by Gasteiger charge is -2.31. The lowest BCUT2D eigenvalue weighted by molar-refractivity contribution is -0.136. The maximum atomic E-state index is 13.8. The summed E-state index contributed by atoms with van der Waals surface area (Å²) in [5.41, 5.74) is 2.32. The standard InChI is InChI=1S/C26H24N4O5S2/c1-15-4-6-17(7-5-15)30-23(32)20-19(16-3-2-8-27-13-16)22-25(36-21(20)24(30)33)29(26(34)37-22)14-18(31)28-9-11-35-12-10-28/h2-8,13,19-21H,9-12,14H2,1H3/t19-,20+,21-/m0/s1. The zero-order valence-electron chi connectivity index (χ0n) is 20.0. The van der Waals surface area contributed by atoms with Crippen LogP contribution in [0, 0.1) is 12.8 Å². The van der Waals surface area contributed by atoms with Gasteiger partial charge in [-0.1, -0.05) is 46.9 Å². The minimum Gasteiger partial charge on any atom is -0.378 e. The summed E-state index contributed by atoms with van der Waals surface area (Å²) in [7, 11) is 0. The Morgan fingerprint density at radius 3 is 2.54 bits per heavy atom. The molecule has 0 saturated carbocycles. The van der Waals surface area contributed by atoms with E-state index in [1.807, 2.05) is 25.1 Å². The number of imide groups is 1. The molecule has 5 heterocycles. The fraction of sp³-hybridized carbons (Fsp3) is 0.346. The summed E-state index contributed by atoms with van der Waals surface area (Å²) >= 11 is 2.26. The van der Waals surface area contributed by atoms with Gasteiger partial charge in [0, 0.05) is 36.3 Å². The number of ether oxygens (including phenoxy) is 1. The summed E-state index contributed by atoms with van der Waals surface area (Å²) in [5.74, 6) is -1.96. The molecule has 0 aliphatic carbocycles. The number of hydrogen-bond donors (Lipinski definition) is 0. The van der Waals surface area contributed by atoms with Gasteiger partial charge < -0.3 is 9.64 Å². The van der Waals surface area contributed by atoms with Crippen molar-refractivity contribution in [2.75, 3.05) is 31.2 Å². The van der Waals surface area contributed by atoms with Crippen LogP contribution in [0.5, 0.6) is 0 Å². The molecule has 37 heavy (non-hydrogen) atoms. The molecule has 11 heteroatoms. The smallest absolute Gasteiger partial charge is 0.308 e. The first-order chi connectivity index (χ1) is 17.9. The Morgan fingerprint density at radius 2 is 1.84 bits per heavy atom. The maximum absolute atomic E-state index is 13.8. The molecule has 0 N–H and O–H groups in total. The van der Waals surface area contributed by atoms with Crippen molar-refractivity contribution in [3.05, 3.63) is 74.5 Å². The molecule has 3 amide bonds. The third-order valence-electron chi connectivity index (χ3n) is 7.04. The van der Waals surface area contributed by atoms with Crippen molar-refractivity contribution >= 4 is 46.5 Å². The molecule has 3 atom stereocenters. The molecule has 2 fully saturated rings. The number of aromatic nitrogens is 2. The van der Waals surface area contributed by atoms with Gasteiger partial charge >= 0.3 is 4.87 Å². The molecule has 2 saturated heterocycles. The van der Waals surface area contributed by atoms with Gasteiger partial charge in [0.05, 0.1) is 29.8 Å². The van der Waals surface area contributed by atoms with Crippen LogP contribution in [0.2, 0.25) is 0 Å². The summed E-state index contributed by atoms with van der Waals surface area (Å²) in [6.07, 6.45) is 3.33. The Labute approximate surface area is 221 Å². The first kappa shape index (κ1) is 24.1. The van der Waals surface area contributed by atoms with Crippen molar-refractivity contribution in [2.45, 2.75) is 29.7 Å². The van der Waals surface area contributed by atoms with E-state index in [0.29, 0.717) is 41.9 Å². The molecule has 2 aromatic heterocycles. The van der Waals surface area contributed by atoms with Gasteiger partial charge in [0.2, 0.25) is 17.7 Å². The number of anilines is 1. The highest BCUT2D eigenvalue weighted by Crippen LogP contribution is 2.53. The molecule has 0 bridgehead atoms. The van der Waals surface area contributed by atoms with E-state index in [4.69, 9.17) is 4.74 Å². The summed E-state index contributed by atoms with van der Waals surface area (Å²) in [5, 5.41) is -0.135. The summed E-state index contributed by atoms with van der Waals surface area (Å²) in [6, 6.07) is 10.9. The van der Waals surface area contributed by atoms with Gasteiger partial charge in [-0.2, -0.15) is 0 Å². The monoisotopic (exact) mass is 536 g/mol. The number of thiazole rings is 1. The number of thioether (sulfide) groups is 1. The Bertz CT molecular complexity index is 1430. The molecule has 190 valence electrons. The number of carbonyl (C=O) groups excluding carboxylic acids is 3. The Hall–Kier alpha value is -3.28. The van der Waals surface area contributed by atoms with E-state index in [9.17, 15) is 19.2 Å². The average Bonchev–Trinajstić information content (AvgIpc) is 3.36. The highest BCUT2D eigenvalue weighted by Gasteiger charge is 2.56. The molecule has 3 aromatic rings. The highest BCUT2D eigenvalue weighted by atomic mass is 32.2. The minimum atomic E-state index is -0.717. The fourth-order valence-electron chi connectivity index (χ4n) is 5.17. The van der Waals surface area contributed by atoms with Crippen LogP contribution in [0.1, 0.15) is 21.9 Å². The number of hydrogen-bond acceptors (Lipinski definition) is 8. The van der Waals surface area contributed by atoms with Crippen molar-refractivity contribution in [3.63, 3.8) is 0 Å². The SMILES string of the molecule is Cc1ccc(N2C(=O)[C@@H]3[C@H](c4cccnc4)c4sc(=O)n(CC(=O)N5CCOCC5)c4S[C@@H]3C2=O)cc1. The third-order valence-corrected chi connectivity index (χ3v) is 9.65. The number of morpholine rings is 1. The zero-order valence-corrected chi connectivity index (χ0v) is 21.7. The maximum Gasteiger partial charge on any atom is 0.308 e. The van der Waals surface area contributed by atoms with Crippen LogP contribution in [0.4, 0.5) is 5.69 Å². The predicted molar refractivity (Wildman–Crippen MR) is 139 cm³/mol. The van der Waals surface area contributed by atoms with Crippen LogP contribution >= 0.6 is 23.1 Å². The summed E-state index contributed by atoms with van der Waals surface area (Å²) in [4.78, 5) is 61.4. The van der Waals surface area contributed by atoms with Crippen molar-refractivity contribution in [3.8, 4) is 0 Å². The molecule has 3 aliphatic heterocycles. The number of aryl methyl sites for hydroxylation is 1. The van der Waals surface area contributed by atoms with Crippen LogP contribution in [-0.4, -0.2) is 63.7 Å². The van der Waals surface area contributed by atoms with Gasteiger partial charge in [-0.05, 0) is 30.7 Å². The number of benzene rings is 1. The number of rotatable bonds is 4. The molecule has 3 aliphatic rings. The largest absolute Gasteiger partial charge is 0.378 e. The lowest BCUT2D eigenvalue weighted by atomic mass is 9.84. The van der Waals surface area contributed by atoms with E-state index in [-0.39, 0.29) is 29.1 Å². The van der Waals surface area contributed by atoms with Crippen LogP contribution in [0.3, 0.4) is 0 Å². The van der Waals surface area contributed by atoms with Gasteiger partial charge in [-0.15, -0.1) is 0 Å². The van der Waals surface area contributed by atoms with E-state index in [2.05, 4.69) is 4.98 Å². The van der Waals surface area contributed by atoms with Gasteiger partial charge in [0.15, 0.2) is 0 Å². The Balaban J connectivity index is 1.42. The van der Waals surface area contributed by atoms with E-state index >= 15 is 0 Å². The second-order valence-electron chi connectivity index (χ2n) is 9.29. The fourth-order valence-corrected chi connectivity index (χ4v) is 7.94. The number of pyridine rings is 1. The molecule has 1 aromatic carbocycles. The second-order valence-corrected chi connectivity index (χ2v) is 11.4. The number of amides is 3. The quantitative estimate of drug-likeness (QED) is 0.472. The molecule has 0 unspecified atom stereocenters. The third kappa shape index (κ3) is 4.11. The second kappa shape index (κ2) is 9.55. The highest BCUT2D eigenvalue weighted by molar-refractivity contribution is 8.00. The van der Waals surface area contributed by atoms with Gasteiger partial charge in [-0.25, -0.2) is 4.90 Å². The van der Waals surface area contributed by atoms with Gasteiger partial charge in [-0.3, -0.25) is 28.7 Å². The molecule has 0 radical (unpaired) electrons. The molecular weight excluding hydrogens is 512 g/mol. The van der Waals surface area contributed by atoms with Gasteiger partial charge in [0.25, 0.3) is 0 Å². The van der Waals surface area contributed by atoms with Crippen molar-refractivity contribution in [1.82, 2.24) is 14.5 Å². The van der Waals surface area contributed by atoms with E-state index < -0.39 is 17.1 Å². The Morgan fingerprint density at radius 1 is 1.08 bits per heavy atom. The van der Waals surface area contributed by atoms with E-state index in [0.717, 1.165) is 22.5 Å². The number of nitrogens with zero attached hydrogens (tertiary/aromatic N) is 4. The van der Waals surface area contributed by atoms with Gasteiger partial charge in [0.1, 0.15) is 11.8 Å².